The summed E-state index contributed by atoms with van der Waals surface area (Å²) >= 11 is 2.95. The summed E-state index contributed by atoms with van der Waals surface area (Å²) in [5.41, 5.74) is -0.570. The number of hydrogen-bond donors (Lipinski definition) is 1. The molecule has 0 aliphatic heterocycles. The first-order chi connectivity index (χ1) is 7.12. The van der Waals surface area contributed by atoms with Gasteiger partial charge in [-0.3, -0.25) is 0 Å². The first-order valence-corrected chi connectivity index (χ1v) is 6.88. The Bertz CT molecular complexity index is 494. The van der Waals surface area contributed by atoms with Crippen molar-refractivity contribution in [2.45, 2.75) is 31.2 Å². The summed E-state index contributed by atoms with van der Waals surface area (Å²) in [5, 5.41) is 0. The quantitative estimate of drug-likeness (QED) is 0.913. The molecule has 90 valence electrons. The summed E-state index contributed by atoms with van der Waals surface area (Å²) in [6.45, 7) is 5.22. The summed E-state index contributed by atoms with van der Waals surface area (Å²) in [7, 11) is -3.60. The second-order valence-corrected chi connectivity index (χ2v) is 6.97. The molecule has 0 amide bonds. The lowest BCUT2D eigenvalue weighted by molar-refractivity contribution is 0.491. The zero-order chi connectivity index (χ0) is 12.6. The average Bonchev–Trinajstić information content (AvgIpc) is 2.05. The zero-order valence-electron chi connectivity index (χ0n) is 9.21. The molecular formula is C10H13BrFNO2S. The zero-order valence-corrected chi connectivity index (χ0v) is 11.6. The van der Waals surface area contributed by atoms with Crippen LogP contribution in [0.15, 0.2) is 27.6 Å². The third-order valence-corrected chi connectivity index (χ3v) is 4.01. The minimum Gasteiger partial charge on any atom is -0.207 e. The molecule has 1 aromatic carbocycles. The van der Waals surface area contributed by atoms with Crippen molar-refractivity contribution in [1.29, 1.82) is 0 Å². The SMILES string of the molecule is CC(C)(C)NS(=O)(=O)c1ccc(F)c(Br)c1. The summed E-state index contributed by atoms with van der Waals surface area (Å²) in [4.78, 5) is 0.0377. The van der Waals surface area contributed by atoms with Crippen LogP contribution in [0, 0.1) is 5.82 Å². The lowest BCUT2D eigenvalue weighted by Crippen LogP contribution is -2.40. The van der Waals surface area contributed by atoms with Gasteiger partial charge < -0.3 is 0 Å². The van der Waals surface area contributed by atoms with Crippen LogP contribution in [-0.2, 0) is 10.0 Å². The molecule has 6 heteroatoms. The molecule has 0 bridgehead atoms. The second kappa shape index (κ2) is 4.43. The van der Waals surface area contributed by atoms with Crippen LogP contribution in [0.2, 0.25) is 0 Å². The van der Waals surface area contributed by atoms with Crippen molar-refractivity contribution < 1.29 is 12.8 Å². The number of halogens is 2. The maximum atomic E-state index is 13.0. The number of sulfonamides is 1. The van der Waals surface area contributed by atoms with Crippen molar-refractivity contribution >= 4 is 26.0 Å². The van der Waals surface area contributed by atoms with E-state index in [0.29, 0.717) is 0 Å². The smallest absolute Gasteiger partial charge is 0.207 e. The Labute approximate surface area is 103 Å². The summed E-state index contributed by atoms with van der Waals surface area (Å²) in [6.07, 6.45) is 0. The van der Waals surface area contributed by atoms with E-state index in [1.165, 1.54) is 12.1 Å². The van der Waals surface area contributed by atoms with E-state index >= 15 is 0 Å². The van der Waals surface area contributed by atoms with Gasteiger partial charge in [-0.1, -0.05) is 0 Å². The van der Waals surface area contributed by atoms with Crippen molar-refractivity contribution in [2.24, 2.45) is 0 Å². The molecule has 3 nitrogen and oxygen atoms in total. The molecule has 0 fully saturated rings. The highest BCUT2D eigenvalue weighted by Crippen LogP contribution is 2.20. The molecule has 0 aromatic heterocycles. The topological polar surface area (TPSA) is 46.2 Å². The Morgan fingerprint density at radius 3 is 2.31 bits per heavy atom. The van der Waals surface area contributed by atoms with Crippen LogP contribution < -0.4 is 4.72 Å². The molecule has 1 rings (SSSR count). The van der Waals surface area contributed by atoms with Gasteiger partial charge in [0.05, 0.1) is 9.37 Å². The van der Waals surface area contributed by atoms with Crippen molar-refractivity contribution in [2.75, 3.05) is 0 Å². The molecule has 16 heavy (non-hydrogen) atoms. The van der Waals surface area contributed by atoms with Gasteiger partial charge in [-0.05, 0) is 54.9 Å². The Hall–Kier alpha value is -0.460. The Kier molecular flexibility index (Phi) is 3.76. The molecule has 0 aliphatic carbocycles. The minimum atomic E-state index is -3.60. The van der Waals surface area contributed by atoms with Crippen LogP contribution in [0.5, 0.6) is 0 Å². The van der Waals surface area contributed by atoms with Crippen LogP contribution >= 0.6 is 15.9 Å². The Morgan fingerprint density at radius 2 is 1.88 bits per heavy atom. The Balaban J connectivity index is 3.13. The molecule has 0 heterocycles. The van der Waals surface area contributed by atoms with Crippen molar-refractivity contribution in [3.05, 3.63) is 28.5 Å². The summed E-state index contributed by atoms with van der Waals surface area (Å²) in [5.74, 6) is -0.491. The molecule has 0 spiro atoms. The third-order valence-electron chi connectivity index (χ3n) is 1.64. The Morgan fingerprint density at radius 1 is 1.31 bits per heavy atom. The van der Waals surface area contributed by atoms with Gasteiger partial charge in [0.25, 0.3) is 0 Å². The monoisotopic (exact) mass is 309 g/mol. The second-order valence-electron chi connectivity index (χ2n) is 4.43. The molecule has 0 unspecified atom stereocenters. The molecule has 1 N–H and O–H groups in total. The molecule has 0 saturated heterocycles. The van der Waals surface area contributed by atoms with Crippen LogP contribution in [0.3, 0.4) is 0 Å². The molecule has 0 radical (unpaired) electrons. The van der Waals surface area contributed by atoms with E-state index in [1.54, 1.807) is 20.8 Å². The molecule has 1 aromatic rings. The van der Waals surface area contributed by atoms with E-state index in [-0.39, 0.29) is 9.37 Å². The van der Waals surface area contributed by atoms with Crippen LogP contribution in [0.1, 0.15) is 20.8 Å². The maximum absolute atomic E-state index is 13.0. The fourth-order valence-electron chi connectivity index (χ4n) is 1.11. The molecule has 0 saturated carbocycles. The van der Waals surface area contributed by atoms with E-state index in [4.69, 9.17) is 0 Å². The largest absolute Gasteiger partial charge is 0.241 e. The molecule has 0 atom stereocenters. The first-order valence-electron chi connectivity index (χ1n) is 4.61. The van der Waals surface area contributed by atoms with E-state index < -0.39 is 21.4 Å². The standard InChI is InChI=1S/C10H13BrFNO2S/c1-10(2,3)13-16(14,15)7-4-5-9(12)8(11)6-7/h4-6,13H,1-3H3. The van der Waals surface area contributed by atoms with E-state index in [0.717, 1.165) is 6.07 Å². The first kappa shape index (κ1) is 13.6. The highest BCUT2D eigenvalue weighted by Gasteiger charge is 2.22. The van der Waals surface area contributed by atoms with Gasteiger partial charge in [0.1, 0.15) is 5.82 Å². The van der Waals surface area contributed by atoms with Gasteiger partial charge in [-0.25, -0.2) is 17.5 Å². The van der Waals surface area contributed by atoms with Crippen LogP contribution in [0.4, 0.5) is 4.39 Å². The van der Waals surface area contributed by atoms with Gasteiger partial charge in [0.15, 0.2) is 0 Å². The van der Waals surface area contributed by atoms with Gasteiger partial charge >= 0.3 is 0 Å². The van der Waals surface area contributed by atoms with Crippen molar-refractivity contribution in [3.8, 4) is 0 Å². The van der Waals surface area contributed by atoms with E-state index in [1.807, 2.05) is 0 Å². The molecule has 0 aliphatic rings. The lowest BCUT2D eigenvalue weighted by atomic mass is 10.1. The van der Waals surface area contributed by atoms with Crippen molar-refractivity contribution in [3.63, 3.8) is 0 Å². The normalized spacial score (nSPS) is 12.8. The lowest BCUT2D eigenvalue weighted by Gasteiger charge is -2.20. The number of rotatable bonds is 2. The van der Waals surface area contributed by atoms with Gasteiger partial charge in [-0.15, -0.1) is 0 Å². The highest BCUT2D eigenvalue weighted by molar-refractivity contribution is 9.10. The van der Waals surface area contributed by atoms with Crippen LogP contribution in [-0.4, -0.2) is 14.0 Å². The van der Waals surface area contributed by atoms with E-state index in [2.05, 4.69) is 20.7 Å². The van der Waals surface area contributed by atoms with Crippen molar-refractivity contribution in [1.82, 2.24) is 4.72 Å². The molecular weight excluding hydrogens is 297 g/mol. The number of nitrogens with one attached hydrogen (secondary N) is 1. The van der Waals surface area contributed by atoms with Gasteiger partial charge in [0, 0.05) is 5.54 Å². The minimum absolute atomic E-state index is 0.0377. The third kappa shape index (κ3) is 3.54. The van der Waals surface area contributed by atoms with Gasteiger partial charge in [0.2, 0.25) is 10.0 Å². The summed E-state index contributed by atoms with van der Waals surface area (Å²) < 4.78 is 39.3. The average molecular weight is 310 g/mol. The van der Waals surface area contributed by atoms with Gasteiger partial charge in [-0.2, -0.15) is 0 Å². The maximum Gasteiger partial charge on any atom is 0.241 e. The van der Waals surface area contributed by atoms with E-state index in [9.17, 15) is 12.8 Å². The predicted molar refractivity (Wildman–Crippen MR) is 64.2 cm³/mol. The van der Waals surface area contributed by atoms with Crippen LogP contribution in [0.25, 0.3) is 0 Å². The number of hydrogen-bond acceptors (Lipinski definition) is 2. The number of benzene rings is 1. The highest BCUT2D eigenvalue weighted by atomic mass is 79.9. The summed E-state index contributed by atoms with van der Waals surface area (Å²) in [6, 6.07) is 3.58. The predicted octanol–water partition coefficient (Wildman–Crippen LogP) is 2.67. The fourth-order valence-corrected chi connectivity index (χ4v) is 3.08. The fraction of sp³-hybridized carbons (Fsp3) is 0.400.